The van der Waals surface area contributed by atoms with Crippen LogP contribution in [0.5, 0.6) is 0 Å². The van der Waals surface area contributed by atoms with Gasteiger partial charge in [-0.1, -0.05) is 53.5 Å². The van der Waals surface area contributed by atoms with Crippen LogP contribution in [-0.2, 0) is 0 Å². The third-order valence-corrected chi connectivity index (χ3v) is 3.05. The lowest BCUT2D eigenvalue weighted by Gasteiger charge is -1.99. The van der Waals surface area contributed by atoms with Crippen molar-refractivity contribution in [1.29, 1.82) is 0 Å². The average Bonchev–Trinajstić information content (AvgIpc) is 2.41. The van der Waals surface area contributed by atoms with E-state index in [-0.39, 0.29) is 0 Å². The molecular weight excluding hydrogens is 203 g/mol. The van der Waals surface area contributed by atoms with Crippen molar-refractivity contribution in [2.45, 2.75) is 6.92 Å². The lowest BCUT2D eigenvalue weighted by atomic mass is 10.1. The van der Waals surface area contributed by atoms with E-state index >= 15 is 0 Å². The fourth-order valence-electron chi connectivity index (χ4n) is 1.55. The molecular formula is C11H8Cl2. The molecule has 0 nitrogen and oxygen atoms in total. The van der Waals surface area contributed by atoms with Crippen molar-refractivity contribution in [2.75, 3.05) is 0 Å². The number of benzene rings is 1. The largest absolute Gasteiger partial charge is 0.0820 e. The average molecular weight is 211 g/mol. The number of hydrogen-bond acceptors (Lipinski definition) is 0. The molecule has 0 unspecified atom stereocenters. The van der Waals surface area contributed by atoms with Gasteiger partial charge in [0.05, 0.1) is 10.1 Å². The molecule has 1 aliphatic rings. The quantitative estimate of drug-likeness (QED) is 0.601. The Labute approximate surface area is 87.5 Å². The second kappa shape index (κ2) is 3.21. The maximum atomic E-state index is 6.07. The first-order chi connectivity index (χ1) is 6.25. The molecule has 1 aromatic rings. The highest BCUT2D eigenvalue weighted by molar-refractivity contribution is 6.59. The number of fused-ring (bicyclic) bond motifs is 1. The van der Waals surface area contributed by atoms with Crippen LogP contribution in [0.15, 0.2) is 35.4 Å². The van der Waals surface area contributed by atoms with Gasteiger partial charge in [0.15, 0.2) is 0 Å². The van der Waals surface area contributed by atoms with Gasteiger partial charge in [0.25, 0.3) is 0 Å². The van der Waals surface area contributed by atoms with E-state index < -0.39 is 0 Å². The lowest BCUT2D eigenvalue weighted by Crippen LogP contribution is -1.79. The molecule has 0 N–H and O–H groups in total. The summed E-state index contributed by atoms with van der Waals surface area (Å²) in [5.74, 6) is 0. The normalized spacial score (nSPS) is 18.2. The maximum Gasteiger partial charge on any atom is 0.0677 e. The zero-order valence-corrected chi connectivity index (χ0v) is 8.65. The van der Waals surface area contributed by atoms with Crippen LogP contribution < -0.4 is 0 Å². The van der Waals surface area contributed by atoms with Crippen molar-refractivity contribution in [3.05, 3.63) is 46.5 Å². The van der Waals surface area contributed by atoms with Crippen molar-refractivity contribution in [3.63, 3.8) is 0 Å². The maximum absolute atomic E-state index is 6.07. The molecule has 1 aromatic carbocycles. The highest BCUT2D eigenvalue weighted by Gasteiger charge is 2.22. The fourth-order valence-corrected chi connectivity index (χ4v) is 2.13. The molecule has 0 heterocycles. The Morgan fingerprint density at radius 2 is 1.62 bits per heavy atom. The van der Waals surface area contributed by atoms with Crippen LogP contribution in [0.1, 0.15) is 18.1 Å². The van der Waals surface area contributed by atoms with Crippen LogP contribution >= 0.6 is 23.2 Å². The van der Waals surface area contributed by atoms with Crippen molar-refractivity contribution in [1.82, 2.24) is 0 Å². The molecule has 13 heavy (non-hydrogen) atoms. The summed E-state index contributed by atoms with van der Waals surface area (Å²) in [4.78, 5) is 0. The Bertz CT molecular complexity index is 414. The van der Waals surface area contributed by atoms with Gasteiger partial charge in [-0.05, 0) is 18.1 Å². The molecule has 0 aromatic heterocycles. The van der Waals surface area contributed by atoms with Crippen LogP contribution in [-0.4, -0.2) is 0 Å². The first-order valence-electron chi connectivity index (χ1n) is 4.07. The van der Waals surface area contributed by atoms with Gasteiger partial charge in [-0.2, -0.15) is 0 Å². The summed E-state index contributed by atoms with van der Waals surface area (Å²) < 4.78 is 0. The monoisotopic (exact) mass is 210 g/mol. The van der Waals surface area contributed by atoms with E-state index in [1.165, 1.54) is 0 Å². The molecule has 0 fully saturated rings. The van der Waals surface area contributed by atoms with Gasteiger partial charge < -0.3 is 0 Å². The third-order valence-electron chi connectivity index (χ3n) is 2.17. The van der Waals surface area contributed by atoms with E-state index in [9.17, 15) is 0 Å². The molecule has 2 heteroatoms. The second-order valence-corrected chi connectivity index (χ2v) is 3.63. The fraction of sp³-hybridized carbons (Fsp3) is 0.0909. The predicted molar refractivity (Wildman–Crippen MR) is 58.7 cm³/mol. The summed E-state index contributed by atoms with van der Waals surface area (Å²) in [6.07, 6.45) is 1.98. The summed E-state index contributed by atoms with van der Waals surface area (Å²) >= 11 is 12.1. The number of allylic oxidation sites excluding steroid dienone is 3. The standard InChI is InChI=1S/C11H8Cl2/c1-2-7-8-5-3-4-6-9(8)11(13)10(7)12/h2-6H,1H3/b7-2-. The Hall–Kier alpha value is -0.720. The van der Waals surface area contributed by atoms with E-state index in [4.69, 9.17) is 23.2 Å². The Morgan fingerprint density at radius 1 is 1.00 bits per heavy atom. The number of halogens is 2. The molecule has 0 spiro atoms. The van der Waals surface area contributed by atoms with E-state index in [0.717, 1.165) is 16.7 Å². The van der Waals surface area contributed by atoms with Crippen LogP contribution in [0.3, 0.4) is 0 Å². The van der Waals surface area contributed by atoms with Gasteiger partial charge in [0, 0.05) is 5.56 Å². The number of rotatable bonds is 0. The molecule has 0 bridgehead atoms. The second-order valence-electron chi connectivity index (χ2n) is 2.88. The first-order valence-corrected chi connectivity index (χ1v) is 4.83. The highest BCUT2D eigenvalue weighted by Crippen LogP contribution is 2.44. The van der Waals surface area contributed by atoms with E-state index in [1.54, 1.807) is 0 Å². The summed E-state index contributed by atoms with van der Waals surface area (Å²) in [5.41, 5.74) is 3.18. The molecule has 66 valence electrons. The minimum atomic E-state index is 0.658. The molecule has 0 saturated carbocycles. The van der Waals surface area contributed by atoms with Crippen molar-refractivity contribution in [3.8, 4) is 0 Å². The van der Waals surface area contributed by atoms with E-state index in [1.807, 2.05) is 37.3 Å². The van der Waals surface area contributed by atoms with Crippen LogP contribution in [0, 0.1) is 0 Å². The summed E-state index contributed by atoms with van der Waals surface area (Å²) in [7, 11) is 0. The van der Waals surface area contributed by atoms with Crippen LogP contribution in [0.25, 0.3) is 10.6 Å². The van der Waals surface area contributed by atoms with Gasteiger partial charge in [0.2, 0.25) is 0 Å². The Morgan fingerprint density at radius 3 is 2.23 bits per heavy atom. The number of hydrogen-bond donors (Lipinski definition) is 0. The van der Waals surface area contributed by atoms with Crippen molar-refractivity contribution < 1.29 is 0 Å². The zero-order chi connectivity index (χ0) is 9.42. The van der Waals surface area contributed by atoms with Gasteiger partial charge >= 0.3 is 0 Å². The van der Waals surface area contributed by atoms with E-state index in [0.29, 0.717) is 10.1 Å². The first kappa shape index (κ1) is 8.86. The van der Waals surface area contributed by atoms with Gasteiger partial charge in [-0.3, -0.25) is 0 Å². The summed E-state index contributed by atoms with van der Waals surface area (Å²) in [6.45, 7) is 1.96. The zero-order valence-electron chi connectivity index (χ0n) is 7.14. The van der Waals surface area contributed by atoms with Crippen LogP contribution in [0.2, 0.25) is 0 Å². The predicted octanol–water partition coefficient (Wildman–Crippen LogP) is 4.25. The SMILES string of the molecule is C/C=C1\C(Cl)=C(Cl)c2ccccc21. The molecule has 0 atom stereocenters. The Balaban J connectivity index is 2.73. The molecule has 0 saturated heterocycles. The van der Waals surface area contributed by atoms with Gasteiger partial charge in [-0.15, -0.1) is 0 Å². The third kappa shape index (κ3) is 1.21. The van der Waals surface area contributed by atoms with E-state index in [2.05, 4.69) is 0 Å². The van der Waals surface area contributed by atoms with Gasteiger partial charge in [0.1, 0.15) is 0 Å². The van der Waals surface area contributed by atoms with Crippen molar-refractivity contribution in [2.24, 2.45) is 0 Å². The topological polar surface area (TPSA) is 0 Å². The minimum Gasteiger partial charge on any atom is -0.0820 e. The molecule has 0 amide bonds. The summed E-state index contributed by atoms with van der Waals surface area (Å²) in [5, 5.41) is 1.32. The molecule has 1 aliphatic carbocycles. The minimum absolute atomic E-state index is 0.658. The molecule has 2 rings (SSSR count). The molecule has 0 radical (unpaired) electrons. The molecule has 0 aliphatic heterocycles. The highest BCUT2D eigenvalue weighted by atomic mass is 35.5. The smallest absolute Gasteiger partial charge is 0.0677 e. The van der Waals surface area contributed by atoms with Crippen LogP contribution in [0.4, 0.5) is 0 Å². The lowest BCUT2D eigenvalue weighted by molar-refractivity contribution is 1.59. The Kier molecular flexibility index (Phi) is 2.19. The summed E-state index contributed by atoms with van der Waals surface area (Å²) in [6, 6.07) is 7.96. The van der Waals surface area contributed by atoms with Gasteiger partial charge in [-0.25, -0.2) is 0 Å². The van der Waals surface area contributed by atoms with Crippen molar-refractivity contribution >= 4 is 33.8 Å².